The molecule has 152 valence electrons. The quantitative estimate of drug-likeness (QED) is 0.666. The van der Waals surface area contributed by atoms with E-state index in [0.717, 1.165) is 28.9 Å². The summed E-state index contributed by atoms with van der Waals surface area (Å²) in [6, 6.07) is 9.82. The average molecular weight is 401 g/mol. The molecule has 6 nitrogen and oxygen atoms in total. The van der Waals surface area contributed by atoms with E-state index in [2.05, 4.69) is 49.2 Å². The van der Waals surface area contributed by atoms with Gasteiger partial charge in [0.2, 0.25) is 0 Å². The molecule has 1 aromatic carbocycles. The first-order chi connectivity index (χ1) is 14.3. The number of carboxylic acids is 1. The van der Waals surface area contributed by atoms with E-state index in [1.165, 1.54) is 22.8 Å². The van der Waals surface area contributed by atoms with Crippen LogP contribution in [0.25, 0.3) is 22.4 Å². The third kappa shape index (κ3) is 2.67. The number of nitrogens with one attached hydrogen (secondary N) is 1. The van der Waals surface area contributed by atoms with Gasteiger partial charge in [0.15, 0.2) is 5.43 Å². The number of aromatic carboxylic acids is 1. The van der Waals surface area contributed by atoms with E-state index in [-0.39, 0.29) is 17.0 Å². The predicted octanol–water partition coefficient (Wildman–Crippen LogP) is 4.39. The van der Waals surface area contributed by atoms with Crippen molar-refractivity contribution in [2.45, 2.75) is 39.7 Å². The zero-order valence-electron chi connectivity index (χ0n) is 17.2. The van der Waals surface area contributed by atoms with Crippen molar-refractivity contribution in [2.75, 3.05) is 0 Å². The molecule has 5 rings (SSSR count). The van der Waals surface area contributed by atoms with Crippen molar-refractivity contribution in [3.8, 4) is 11.3 Å². The van der Waals surface area contributed by atoms with Crippen molar-refractivity contribution < 1.29 is 9.90 Å². The fourth-order valence-electron chi connectivity index (χ4n) is 4.87. The van der Waals surface area contributed by atoms with E-state index in [9.17, 15) is 14.7 Å². The van der Waals surface area contributed by atoms with Crippen LogP contribution in [0.2, 0.25) is 0 Å². The second-order valence-corrected chi connectivity index (χ2v) is 9.17. The highest BCUT2D eigenvalue weighted by molar-refractivity contribution is 6.00. The lowest BCUT2D eigenvalue weighted by Crippen LogP contribution is -2.32. The Morgan fingerprint density at radius 1 is 1.20 bits per heavy atom. The highest BCUT2D eigenvalue weighted by Gasteiger charge is 2.38. The summed E-state index contributed by atoms with van der Waals surface area (Å²) in [6.45, 7) is 6.47. The largest absolute Gasteiger partial charge is 0.477 e. The summed E-state index contributed by atoms with van der Waals surface area (Å²) >= 11 is 0. The number of H-pyrrole nitrogens is 1. The molecule has 2 aliphatic rings. The number of rotatable bonds is 2. The van der Waals surface area contributed by atoms with Gasteiger partial charge in [-0.25, -0.2) is 4.79 Å². The molecule has 3 aromatic rings. The summed E-state index contributed by atoms with van der Waals surface area (Å²) in [5, 5.41) is 16.6. The van der Waals surface area contributed by atoms with Crippen molar-refractivity contribution in [2.24, 2.45) is 5.41 Å². The van der Waals surface area contributed by atoms with E-state index in [0.29, 0.717) is 6.42 Å². The summed E-state index contributed by atoms with van der Waals surface area (Å²) in [7, 11) is 0. The van der Waals surface area contributed by atoms with Gasteiger partial charge in [0, 0.05) is 42.2 Å². The predicted molar refractivity (Wildman–Crippen MR) is 115 cm³/mol. The summed E-state index contributed by atoms with van der Waals surface area (Å²) in [6.07, 6.45) is 4.79. The summed E-state index contributed by atoms with van der Waals surface area (Å²) < 4.78 is 2.02. The van der Waals surface area contributed by atoms with Gasteiger partial charge in [-0.1, -0.05) is 39.0 Å². The third-order valence-electron chi connectivity index (χ3n) is 6.36. The van der Waals surface area contributed by atoms with Crippen LogP contribution in [-0.4, -0.2) is 25.8 Å². The van der Waals surface area contributed by atoms with E-state index in [4.69, 9.17) is 0 Å². The topological polar surface area (TPSA) is 88.0 Å². The Morgan fingerprint density at radius 3 is 2.63 bits per heavy atom. The first kappa shape index (κ1) is 18.6. The summed E-state index contributed by atoms with van der Waals surface area (Å²) in [4.78, 5) is 24.2. The number of aromatic amines is 1. The average Bonchev–Trinajstić information content (AvgIpc) is 3.33. The number of hydrogen-bond acceptors (Lipinski definition) is 3. The van der Waals surface area contributed by atoms with Gasteiger partial charge in [-0.2, -0.15) is 5.10 Å². The minimum atomic E-state index is -1.18. The Kier molecular flexibility index (Phi) is 3.90. The number of nitrogens with zero attached hydrogens (tertiary/aromatic N) is 2. The lowest BCUT2D eigenvalue weighted by molar-refractivity contribution is 0.0693. The molecule has 2 aromatic heterocycles. The zero-order valence-corrected chi connectivity index (χ0v) is 17.2. The van der Waals surface area contributed by atoms with Crippen LogP contribution in [0.5, 0.6) is 0 Å². The first-order valence-electron chi connectivity index (χ1n) is 10.1. The first-order valence-corrected chi connectivity index (χ1v) is 10.1. The molecule has 0 amide bonds. The van der Waals surface area contributed by atoms with Gasteiger partial charge in [-0.15, -0.1) is 0 Å². The van der Waals surface area contributed by atoms with Crippen LogP contribution in [0.3, 0.4) is 0 Å². The highest BCUT2D eigenvalue weighted by Crippen LogP contribution is 2.51. The number of hydrogen-bond donors (Lipinski definition) is 2. The summed E-state index contributed by atoms with van der Waals surface area (Å²) in [5.41, 5.74) is 7.00. The Morgan fingerprint density at radius 2 is 1.97 bits per heavy atom. The fourth-order valence-corrected chi connectivity index (χ4v) is 4.87. The normalized spacial score (nSPS) is 17.5. The van der Waals surface area contributed by atoms with Crippen LogP contribution in [0.4, 0.5) is 0 Å². The molecular weight excluding hydrogens is 378 g/mol. The number of fused-ring (bicyclic) bond motifs is 4. The molecule has 3 heterocycles. The molecule has 30 heavy (non-hydrogen) atoms. The Bertz CT molecular complexity index is 1270. The Hall–Kier alpha value is -3.41. The second kappa shape index (κ2) is 6.29. The lowest BCUT2D eigenvalue weighted by Gasteiger charge is -2.39. The molecule has 6 heteroatoms. The minimum Gasteiger partial charge on any atom is -0.477 e. The van der Waals surface area contributed by atoms with Crippen LogP contribution in [0.15, 0.2) is 47.5 Å². The molecule has 1 aliphatic carbocycles. The van der Waals surface area contributed by atoms with Gasteiger partial charge in [-0.3, -0.25) is 9.89 Å². The van der Waals surface area contributed by atoms with Gasteiger partial charge in [0.05, 0.1) is 5.69 Å². The molecule has 0 unspecified atom stereocenters. The number of pyridine rings is 1. The highest BCUT2D eigenvalue weighted by atomic mass is 16.4. The van der Waals surface area contributed by atoms with Gasteiger partial charge < -0.3 is 9.67 Å². The van der Waals surface area contributed by atoms with E-state index < -0.39 is 11.4 Å². The SMILES string of the molecule is CC(C)(C)[C@@H]1CC2=C(Cc3c2cccc3-c2ccn[nH]2)c2cc(=O)c(C(=O)O)cn21. The molecule has 0 saturated heterocycles. The van der Waals surface area contributed by atoms with Crippen molar-refractivity contribution in [1.29, 1.82) is 0 Å². The lowest BCUT2D eigenvalue weighted by atomic mass is 9.78. The molecule has 2 N–H and O–H groups in total. The number of benzene rings is 1. The van der Waals surface area contributed by atoms with Crippen LogP contribution in [0.1, 0.15) is 60.4 Å². The van der Waals surface area contributed by atoms with Crippen LogP contribution < -0.4 is 5.43 Å². The van der Waals surface area contributed by atoms with Crippen molar-refractivity contribution in [3.63, 3.8) is 0 Å². The molecule has 0 bridgehead atoms. The molecule has 0 saturated carbocycles. The number of carbonyl (C=O) groups is 1. The molecule has 1 aliphatic heterocycles. The standard InChI is InChI=1S/C24H23N3O3/c1-24(2,3)22-10-16-13-5-4-6-14(19-7-8-25-26-19)15(13)9-17(16)20-11-21(28)18(23(29)30)12-27(20)22/h4-8,11-12,22H,9-10H2,1-3H3,(H,25,26)(H,29,30)/t22-/m0/s1. The van der Waals surface area contributed by atoms with E-state index in [1.807, 2.05) is 10.6 Å². The Balaban J connectivity index is 1.73. The van der Waals surface area contributed by atoms with E-state index in [1.54, 1.807) is 12.4 Å². The maximum Gasteiger partial charge on any atom is 0.341 e. The molecular formula is C24H23N3O3. The van der Waals surface area contributed by atoms with Gasteiger partial charge in [-0.05, 0) is 40.2 Å². The van der Waals surface area contributed by atoms with Crippen LogP contribution in [-0.2, 0) is 6.42 Å². The van der Waals surface area contributed by atoms with Crippen LogP contribution in [0, 0.1) is 5.41 Å². The maximum absolute atomic E-state index is 12.6. The maximum atomic E-state index is 12.6. The number of carboxylic acid groups (broad SMARTS) is 1. The number of aromatic nitrogens is 3. The fraction of sp³-hybridized carbons (Fsp3) is 0.292. The van der Waals surface area contributed by atoms with Crippen LogP contribution >= 0.6 is 0 Å². The smallest absolute Gasteiger partial charge is 0.341 e. The second-order valence-electron chi connectivity index (χ2n) is 9.17. The van der Waals surface area contributed by atoms with Gasteiger partial charge in [0.1, 0.15) is 5.56 Å². The van der Waals surface area contributed by atoms with Gasteiger partial charge >= 0.3 is 5.97 Å². The number of allylic oxidation sites excluding steroid dienone is 2. The molecule has 0 radical (unpaired) electrons. The third-order valence-corrected chi connectivity index (χ3v) is 6.36. The molecule has 1 atom stereocenters. The van der Waals surface area contributed by atoms with Crippen molar-refractivity contribution in [3.05, 3.63) is 75.3 Å². The molecule has 0 fully saturated rings. The monoisotopic (exact) mass is 401 g/mol. The Labute approximate surface area is 173 Å². The van der Waals surface area contributed by atoms with Crippen molar-refractivity contribution in [1.82, 2.24) is 14.8 Å². The zero-order chi connectivity index (χ0) is 21.2. The molecule has 0 spiro atoms. The van der Waals surface area contributed by atoms with E-state index >= 15 is 0 Å². The minimum absolute atomic E-state index is 0.0479. The van der Waals surface area contributed by atoms with Crippen molar-refractivity contribution >= 4 is 17.1 Å². The van der Waals surface area contributed by atoms with Gasteiger partial charge in [0.25, 0.3) is 0 Å². The summed E-state index contributed by atoms with van der Waals surface area (Å²) in [5.74, 6) is -1.18.